The minimum Gasteiger partial charge on any atom is -0.267 e. The lowest BCUT2D eigenvalue weighted by Crippen LogP contribution is -2.20. The van der Waals surface area contributed by atoms with Gasteiger partial charge in [0, 0.05) is 16.4 Å². The Bertz CT molecular complexity index is 1080. The van der Waals surface area contributed by atoms with E-state index in [1.807, 2.05) is 53.9 Å². The fraction of sp³-hybridized carbons (Fsp3) is 0.0556. The van der Waals surface area contributed by atoms with Gasteiger partial charge in [0.15, 0.2) is 5.16 Å². The SMILES string of the molecule is O=c1c2sccc2nc(SCc2ccccn2)n1-c1ccc(Br)cc1. The molecule has 0 spiro atoms. The maximum atomic E-state index is 13.0. The molecule has 0 radical (unpaired) electrons. The third-order valence-corrected chi connectivity index (χ3v) is 6.00. The molecule has 0 saturated carbocycles. The first-order chi connectivity index (χ1) is 12.2. The van der Waals surface area contributed by atoms with E-state index in [1.165, 1.54) is 23.1 Å². The Balaban J connectivity index is 1.82. The van der Waals surface area contributed by atoms with Gasteiger partial charge in [0.25, 0.3) is 5.56 Å². The first-order valence-electron chi connectivity index (χ1n) is 7.51. The second-order valence-corrected chi connectivity index (χ2v) is 8.03. The third kappa shape index (κ3) is 3.40. The summed E-state index contributed by atoms with van der Waals surface area (Å²) in [5.41, 5.74) is 2.46. The van der Waals surface area contributed by atoms with E-state index in [1.54, 1.807) is 10.8 Å². The fourth-order valence-electron chi connectivity index (χ4n) is 2.43. The number of benzene rings is 1. The number of aromatic nitrogens is 3. The van der Waals surface area contributed by atoms with Gasteiger partial charge in [-0.05, 0) is 47.8 Å². The van der Waals surface area contributed by atoms with Gasteiger partial charge in [0.1, 0.15) is 4.70 Å². The van der Waals surface area contributed by atoms with Crippen molar-refractivity contribution in [1.82, 2.24) is 14.5 Å². The quantitative estimate of drug-likeness (QED) is 0.342. The molecule has 0 bridgehead atoms. The van der Waals surface area contributed by atoms with Crippen LogP contribution >= 0.6 is 39.0 Å². The average molecular weight is 430 g/mol. The zero-order valence-electron chi connectivity index (χ0n) is 12.9. The summed E-state index contributed by atoms with van der Waals surface area (Å²) in [6.45, 7) is 0. The molecule has 0 fully saturated rings. The standard InChI is InChI=1S/C18H12BrN3OS2/c19-12-4-6-14(7-5-12)22-17(23)16-15(8-10-24-16)21-18(22)25-11-13-3-1-2-9-20-13/h1-10H,11H2. The molecular weight excluding hydrogens is 418 g/mol. The van der Waals surface area contributed by atoms with Crippen molar-refractivity contribution in [3.63, 3.8) is 0 Å². The molecular formula is C18H12BrN3OS2. The van der Waals surface area contributed by atoms with Gasteiger partial charge >= 0.3 is 0 Å². The van der Waals surface area contributed by atoms with Gasteiger partial charge in [-0.2, -0.15) is 0 Å². The molecule has 124 valence electrons. The number of pyridine rings is 1. The first-order valence-corrected chi connectivity index (χ1v) is 10.2. The minimum absolute atomic E-state index is 0.0363. The number of rotatable bonds is 4. The van der Waals surface area contributed by atoms with Gasteiger partial charge in [0.2, 0.25) is 0 Å². The van der Waals surface area contributed by atoms with E-state index in [4.69, 9.17) is 4.98 Å². The van der Waals surface area contributed by atoms with E-state index in [-0.39, 0.29) is 5.56 Å². The number of thioether (sulfide) groups is 1. The van der Waals surface area contributed by atoms with Crippen LogP contribution in [0.3, 0.4) is 0 Å². The van der Waals surface area contributed by atoms with Crippen LogP contribution in [0.4, 0.5) is 0 Å². The molecule has 3 heterocycles. The number of hydrogen-bond donors (Lipinski definition) is 0. The lowest BCUT2D eigenvalue weighted by Gasteiger charge is -2.12. The maximum Gasteiger partial charge on any atom is 0.276 e. The smallest absolute Gasteiger partial charge is 0.267 e. The fourth-order valence-corrected chi connectivity index (χ4v) is 4.38. The Hall–Kier alpha value is -1.96. The van der Waals surface area contributed by atoms with Gasteiger partial charge in [-0.1, -0.05) is 33.8 Å². The van der Waals surface area contributed by atoms with E-state index in [0.29, 0.717) is 15.6 Å². The Kier molecular flexibility index (Phi) is 4.70. The van der Waals surface area contributed by atoms with Gasteiger partial charge in [0.05, 0.1) is 16.9 Å². The molecule has 4 nitrogen and oxygen atoms in total. The second kappa shape index (κ2) is 7.11. The summed E-state index contributed by atoms with van der Waals surface area (Å²) in [5.74, 6) is 0.652. The van der Waals surface area contributed by atoms with Crippen molar-refractivity contribution in [3.8, 4) is 5.69 Å². The molecule has 0 N–H and O–H groups in total. The summed E-state index contributed by atoms with van der Waals surface area (Å²) in [6, 6.07) is 15.4. The molecule has 4 rings (SSSR count). The van der Waals surface area contributed by atoms with Crippen molar-refractivity contribution in [2.75, 3.05) is 0 Å². The first kappa shape index (κ1) is 16.5. The largest absolute Gasteiger partial charge is 0.276 e. The van der Waals surface area contributed by atoms with Crippen molar-refractivity contribution in [1.29, 1.82) is 0 Å². The summed E-state index contributed by atoms with van der Waals surface area (Å²) in [4.78, 5) is 22.0. The molecule has 0 unspecified atom stereocenters. The molecule has 0 aliphatic carbocycles. The third-order valence-electron chi connectivity index (χ3n) is 3.61. The van der Waals surface area contributed by atoms with Crippen LogP contribution in [-0.4, -0.2) is 14.5 Å². The van der Waals surface area contributed by atoms with Crippen molar-refractivity contribution < 1.29 is 0 Å². The monoisotopic (exact) mass is 429 g/mol. The molecule has 25 heavy (non-hydrogen) atoms. The van der Waals surface area contributed by atoms with Gasteiger partial charge in [-0.15, -0.1) is 11.3 Å². The van der Waals surface area contributed by atoms with Crippen LogP contribution in [0.25, 0.3) is 15.9 Å². The Morgan fingerprint density at radius 3 is 2.72 bits per heavy atom. The molecule has 0 atom stereocenters. The number of nitrogens with zero attached hydrogens (tertiary/aromatic N) is 3. The van der Waals surface area contributed by atoms with Gasteiger partial charge < -0.3 is 0 Å². The highest BCUT2D eigenvalue weighted by molar-refractivity contribution is 9.10. The summed E-state index contributed by atoms with van der Waals surface area (Å²) >= 11 is 6.37. The molecule has 1 aromatic carbocycles. The molecule has 0 aliphatic rings. The molecule has 0 amide bonds. The molecule has 7 heteroatoms. The normalized spacial score (nSPS) is 11.1. The molecule has 0 aliphatic heterocycles. The number of thiophene rings is 1. The highest BCUT2D eigenvalue weighted by Crippen LogP contribution is 2.26. The zero-order valence-corrected chi connectivity index (χ0v) is 16.1. The van der Waals surface area contributed by atoms with Crippen LogP contribution in [0.5, 0.6) is 0 Å². The van der Waals surface area contributed by atoms with Crippen molar-refractivity contribution in [2.45, 2.75) is 10.9 Å². The number of fused-ring (bicyclic) bond motifs is 1. The molecule has 3 aromatic heterocycles. The highest BCUT2D eigenvalue weighted by Gasteiger charge is 2.14. The molecule has 4 aromatic rings. The van der Waals surface area contributed by atoms with Crippen LogP contribution in [0.15, 0.2) is 74.5 Å². The second-order valence-electron chi connectivity index (χ2n) is 5.26. The number of hydrogen-bond acceptors (Lipinski definition) is 5. The summed E-state index contributed by atoms with van der Waals surface area (Å²) < 4.78 is 3.32. The molecule has 0 saturated heterocycles. The van der Waals surface area contributed by atoms with E-state index >= 15 is 0 Å². The van der Waals surface area contributed by atoms with Crippen molar-refractivity contribution in [3.05, 3.63) is 80.6 Å². The van der Waals surface area contributed by atoms with Crippen LogP contribution in [-0.2, 0) is 5.75 Å². The lowest BCUT2D eigenvalue weighted by molar-refractivity contribution is 0.821. The van der Waals surface area contributed by atoms with E-state index in [9.17, 15) is 4.79 Å². The van der Waals surface area contributed by atoms with E-state index in [2.05, 4.69) is 20.9 Å². The highest BCUT2D eigenvalue weighted by atomic mass is 79.9. The topological polar surface area (TPSA) is 47.8 Å². The summed E-state index contributed by atoms with van der Waals surface area (Å²) in [6.07, 6.45) is 1.77. The van der Waals surface area contributed by atoms with Crippen LogP contribution in [0, 0.1) is 0 Å². The Morgan fingerprint density at radius 1 is 1.12 bits per heavy atom. The lowest BCUT2D eigenvalue weighted by atomic mass is 10.3. The van der Waals surface area contributed by atoms with Crippen LogP contribution in [0.1, 0.15) is 5.69 Å². The maximum absolute atomic E-state index is 13.0. The zero-order chi connectivity index (χ0) is 17.2. The Labute approximate surface area is 160 Å². The van der Waals surface area contributed by atoms with Gasteiger partial charge in [-0.25, -0.2) is 4.98 Å². The average Bonchev–Trinajstić information content (AvgIpc) is 3.11. The Morgan fingerprint density at radius 2 is 1.96 bits per heavy atom. The van der Waals surface area contributed by atoms with Crippen molar-refractivity contribution in [2.24, 2.45) is 0 Å². The predicted molar refractivity (Wildman–Crippen MR) is 107 cm³/mol. The van der Waals surface area contributed by atoms with Gasteiger partial charge in [-0.3, -0.25) is 14.3 Å². The van der Waals surface area contributed by atoms with Crippen molar-refractivity contribution >= 4 is 49.2 Å². The number of halogens is 1. The minimum atomic E-state index is -0.0363. The summed E-state index contributed by atoms with van der Waals surface area (Å²) in [5, 5.41) is 2.57. The summed E-state index contributed by atoms with van der Waals surface area (Å²) in [7, 11) is 0. The predicted octanol–water partition coefficient (Wildman–Crippen LogP) is 4.90. The van der Waals surface area contributed by atoms with Crippen LogP contribution in [0.2, 0.25) is 0 Å². The van der Waals surface area contributed by atoms with E-state index < -0.39 is 0 Å². The van der Waals surface area contributed by atoms with Crippen LogP contribution < -0.4 is 5.56 Å². The van der Waals surface area contributed by atoms with E-state index in [0.717, 1.165) is 21.4 Å².